The Hall–Kier alpha value is -1.85. The monoisotopic (exact) mass is 304 g/mol. The number of hydrogen-bond acceptors (Lipinski definition) is 3. The van der Waals surface area contributed by atoms with Gasteiger partial charge in [-0.05, 0) is 12.5 Å². The summed E-state index contributed by atoms with van der Waals surface area (Å²) in [6.45, 7) is 9.38. The highest BCUT2D eigenvalue weighted by Crippen LogP contribution is 2.14. The first-order valence-corrected chi connectivity index (χ1v) is 7.54. The van der Waals surface area contributed by atoms with Crippen LogP contribution in [-0.2, 0) is 11.3 Å². The van der Waals surface area contributed by atoms with E-state index in [1.807, 2.05) is 25.1 Å². The summed E-state index contributed by atoms with van der Waals surface area (Å²) in [4.78, 5) is 15.1. The molecule has 0 aliphatic carbocycles. The zero-order chi connectivity index (χ0) is 15.9. The number of piperazine rings is 1. The Kier molecular flexibility index (Phi) is 5.98. The smallest absolute Gasteiger partial charge is 0.407 e. The summed E-state index contributed by atoms with van der Waals surface area (Å²) in [6.07, 6.45) is -0.872. The molecule has 120 valence electrons. The van der Waals surface area contributed by atoms with Crippen LogP contribution in [0, 0.1) is 0 Å². The van der Waals surface area contributed by atoms with E-state index in [1.165, 1.54) is 10.5 Å². The van der Waals surface area contributed by atoms with Gasteiger partial charge in [0.2, 0.25) is 0 Å². The Morgan fingerprint density at radius 1 is 1.36 bits per heavy atom. The molecule has 1 aliphatic rings. The summed E-state index contributed by atoms with van der Waals surface area (Å²) in [6, 6.07) is 10.1. The first-order chi connectivity index (χ1) is 10.6. The van der Waals surface area contributed by atoms with Crippen LogP contribution in [0.25, 0.3) is 0 Å². The average Bonchev–Trinajstić information content (AvgIpc) is 2.48. The molecule has 0 aromatic heterocycles. The van der Waals surface area contributed by atoms with Crippen molar-refractivity contribution in [2.45, 2.75) is 19.5 Å². The number of ether oxygens (including phenoxy) is 1. The molecule has 1 atom stereocenters. The SMILES string of the molecule is C=C(C)COC[C@@H]1CN(Cc2ccccc2)CCN1C(=O)O. The molecule has 5 heteroatoms. The molecule has 0 saturated carbocycles. The van der Waals surface area contributed by atoms with Crippen LogP contribution in [0.1, 0.15) is 12.5 Å². The van der Waals surface area contributed by atoms with E-state index in [-0.39, 0.29) is 6.04 Å². The highest BCUT2D eigenvalue weighted by atomic mass is 16.5. The molecule has 1 N–H and O–H groups in total. The highest BCUT2D eigenvalue weighted by molar-refractivity contribution is 5.65. The number of hydrogen-bond donors (Lipinski definition) is 1. The molecule has 0 unspecified atom stereocenters. The Balaban J connectivity index is 1.93. The molecule has 1 heterocycles. The van der Waals surface area contributed by atoms with Crippen molar-refractivity contribution in [3.8, 4) is 0 Å². The summed E-state index contributed by atoms with van der Waals surface area (Å²) in [5.41, 5.74) is 2.19. The van der Waals surface area contributed by atoms with E-state index in [0.29, 0.717) is 26.3 Å². The second-order valence-electron chi connectivity index (χ2n) is 5.82. The summed E-state index contributed by atoms with van der Waals surface area (Å²) in [5.74, 6) is 0. The minimum absolute atomic E-state index is 0.130. The third-order valence-electron chi connectivity index (χ3n) is 3.72. The van der Waals surface area contributed by atoms with Crippen molar-refractivity contribution in [3.05, 3.63) is 48.0 Å². The molecule has 1 aromatic rings. The van der Waals surface area contributed by atoms with Gasteiger partial charge in [0, 0.05) is 26.2 Å². The number of rotatable bonds is 6. The first kappa shape index (κ1) is 16.5. The van der Waals surface area contributed by atoms with E-state index in [9.17, 15) is 9.90 Å². The van der Waals surface area contributed by atoms with Crippen LogP contribution in [-0.4, -0.2) is 59.9 Å². The maximum Gasteiger partial charge on any atom is 0.407 e. The summed E-state index contributed by atoms with van der Waals surface area (Å²) < 4.78 is 5.58. The van der Waals surface area contributed by atoms with E-state index in [1.54, 1.807) is 0 Å². The Labute approximate surface area is 131 Å². The van der Waals surface area contributed by atoms with Gasteiger partial charge >= 0.3 is 6.09 Å². The van der Waals surface area contributed by atoms with E-state index < -0.39 is 6.09 Å². The number of amides is 1. The molecule has 1 aromatic carbocycles. The molecule has 2 rings (SSSR count). The number of carbonyl (C=O) groups is 1. The zero-order valence-corrected chi connectivity index (χ0v) is 13.1. The van der Waals surface area contributed by atoms with E-state index in [0.717, 1.165) is 18.7 Å². The standard InChI is InChI=1S/C17H24N2O3/c1-14(2)12-22-13-16-11-18(8-9-19(16)17(20)21)10-15-6-4-3-5-7-15/h3-7,16H,1,8-13H2,2H3,(H,20,21)/t16-/m0/s1. The van der Waals surface area contributed by atoms with Crippen molar-refractivity contribution >= 4 is 6.09 Å². The molecular weight excluding hydrogens is 280 g/mol. The lowest BCUT2D eigenvalue weighted by Crippen LogP contribution is -2.56. The van der Waals surface area contributed by atoms with Crippen LogP contribution >= 0.6 is 0 Å². The predicted octanol–water partition coefficient (Wildman–Crippen LogP) is 2.44. The lowest BCUT2D eigenvalue weighted by atomic mass is 10.1. The number of carboxylic acid groups (broad SMARTS) is 1. The molecule has 1 fully saturated rings. The second kappa shape index (κ2) is 7.96. The third-order valence-corrected chi connectivity index (χ3v) is 3.72. The molecule has 1 aliphatic heterocycles. The van der Waals surface area contributed by atoms with Crippen LogP contribution in [0.2, 0.25) is 0 Å². The van der Waals surface area contributed by atoms with Gasteiger partial charge in [-0.2, -0.15) is 0 Å². The number of benzene rings is 1. The van der Waals surface area contributed by atoms with Gasteiger partial charge in [-0.3, -0.25) is 4.90 Å². The third kappa shape index (κ3) is 4.86. The largest absolute Gasteiger partial charge is 0.465 e. The quantitative estimate of drug-likeness (QED) is 0.820. The topological polar surface area (TPSA) is 53.0 Å². The summed E-state index contributed by atoms with van der Waals surface area (Å²) in [5, 5.41) is 9.33. The van der Waals surface area contributed by atoms with E-state index in [4.69, 9.17) is 4.74 Å². The van der Waals surface area contributed by atoms with Crippen molar-refractivity contribution in [2.75, 3.05) is 32.8 Å². The van der Waals surface area contributed by atoms with E-state index >= 15 is 0 Å². The van der Waals surface area contributed by atoms with Crippen LogP contribution in [0.4, 0.5) is 4.79 Å². The first-order valence-electron chi connectivity index (χ1n) is 7.54. The van der Waals surface area contributed by atoms with Gasteiger partial charge in [0.15, 0.2) is 0 Å². The summed E-state index contributed by atoms with van der Waals surface area (Å²) >= 11 is 0. The highest BCUT2D eigenvalue weighted by Gasteiger charge is 2.30. The molecule has 5 nitrogen and oxygen atoms in total. The maximum absolute atomic E-state index is 11.4. The zero-order valence-electron chi connectivity index (χ0n) is 13.1. The Morgan fingerprint density at radius 2 is 2.09 bits per heavy atom. The second-order valence-corrected chi connectivity index (χ2v) is 5.82. The van der Waals surface area contributed by atoms with Gasteiger partial charge < -0.3 is 14.7 Å². The van der Waals surface area contributed by atoms with Crippen LogP contribution in [0.5, 0.6) is 0 Å². The van der Waals surface area contributed by atoms with Crippen LogP contribution < -0.4 is 0 Å². The van der Waals surface area contributed by atoms with Crippen molar-refractivity contribution < 1.29 is 14.6 Å². The minimum atomic E-state index is -0.872. The molecule has 1 amide bonds. The van der Waals surface area contributed by atoms with Gasteiger partial charge in [0.1, 0.15) is 0 Å². The van der Waals surface area contributed by atoms with Crippen LogP contribution in [0.15, 0.2) is 42.5 Å². The van der Waals surface area contributed by atoms with Gasteiger partial charge in [-0.15, -0.1) is 0 Å². The molecule has 0 radical (unpaired) electrons. The lowest BCUT2D eigenvalue weighted by molar-refractivity contribution is 0.0180. The van der Waals surface area contributed by atoms with E-state index in [2.05, 4.69) is 23.6 Å². The lowest BCUT2D eigenvalue weighted by Gasteiger charge is -2.39. The normalized spacial score (nSPS) is 19.1. The van der Waals surface area contributed by atoms with Crippen LogP contribution in [0.3, 0.4) is 0 Å². The van der Waals surface area contributed by atoms with Crippen molar-refractivity contribution in [2.24, 2.45) is 0 Å². The fourth-order valence-electron chi connectivity index (χ4n) is 2.67. The fourth-order valence-corrected chi connectivity index (χ4v) is 2.67. The molecule has 22 heavy (non-hydrogen) atoms. The molecule has 1 saturated heterocycles. The maximum atomic E-state index is 11.4. The predicted molar refractivity (Wildman–Crippen MR) is 85.9 cm³/mol. The fraction of sp³-hybridized carbons (Fsp3) is 0.471. The van der Waals surface area contributed by atoms with Gasteiger partial charge in [-0.25, -0.2) is 4.79 Å². The van der Waals surface area contributed by atoms with Crippen molar-refractivity contribution in [1.82, 2.24) is 9.80 Å². The minimum Gasteiger partial charge on any atom is -0.465 e. The van der Waals surface area contributed by atoms with Crippen molar-refractivity contribution in [3.63, 3.8) is 0 Å². The average molecular weight is 304 g/mol. The van der Waals surface area contributed by atoms with Crippen molar-refractivity contribution in [1.29, 1.82) is 0 Å². The van der Waals surface area contributed by atoms with Gasteiger partial charge in [0.05, 0.1) is 19.3 Å². The molecule has 0 spiro atoms. The molecule has 0 bridgehead atoms. The Morgan fingerprint density at radius 3 is 2.73 bits per heavy atom. The van der Waals surface area contributed by atoms with Gasteiger partial charge in [-0.1, -0.05) is 42.5 Å². The summed E-state index contributed by atoms with van der Waals surface area (Å²) in [7, 11) is 0. The molecular formula is C17H24N2O3. The number of nitrogens with zero attached hydrogens (tertiary/aromatic N) is 2. The Bertz CT molecular complexity index is 504. The van der Waals surface area contributed by atoms with Gasteiger partial charge in [0.25, 0.3) is 0 Å².